The summed E-state index contributed by atoms with van der Waals surface area (Å²) in [4.78, 5) is 25.1. The van der Waals surface area contributed by atoms with Crippen molar-refractivity contribution in [3.8, 4) is 0 Å². The molecule has 0 fully saturated rings. The lowest BCUT2D eigenvalue weighted by molar-refractivity contribution is -0.145. The van der Waals surface area contributed by atoms with E-state index < -0.39 is 0 Å². The molecular formula is C15H22O3S2. The van der Waals surface area contributed by atoms with E-state index in [4.69, 9.17) is 4.74 Å². The number of rotatable bonds is 7. The topological polar surface area (TPSA) is 43.4 Å². The Morgan fingerprint density at radius 1 is 1.25 bits per heavy atom. The maximum Gasteiger partial charge on any atom is 0.317 e. The predicted octanol–water partition coefficient (Wildman–Crippen LogP) is 3.80. The molecule has 5 heteroatoms. The lowest BCUT2D eigenvalue weighted by Crippen LogP contribution is -2.20. The monoisotopic (exact) mass is 314 g/mol. The number of ether oxygens (including phenoxy) is 1. The van der Waals surface area contributed by atoms with E-state index in [0.717, 1.165) is 27.6 Å². The molecule has 0 spiro atoms. The summed E-state index contributed by atoms with van der Waals surface area (Å²) in [7, 11) is 0. The Labute approximate surface area is 129 Å². The average Bonchev–Trinajstić information content (AvgIpc) is 2.66. The smallest absolute Gasteiger partial charge is 0.317 e. The molecule has 0 aromatic carbocycles. The van der Waals surface area contributed by atoms with Gasteiger partial charge in [-0.3, -0.25) is 9.59 Å². The van der Waals surface area contributed by atoms with Gasteiger partial charge in [0.25, 0.3) is 0 Å². The highest BCUT2D eigenvalue weighted by atomic mass is 32.2. The molecule has 3 nitrogen and oxygen atoms in total. The molecule has 1 aliphatic carbocycles. The minimum atomic E-state index is -0.370. The van der Waals surface area contributed by atoms with Crippen molar-refractivity contribution in [2.45, 2.75) is 34.1 Å². The van der Waals surface area contributed by atoms with Crippen LogP contribution in [-0.2, 0) is 14.3 Å². The van der Waals surface area contributed by atoms with Crippen LogP contribution in [0.5, 0.6) is 0 Å². The number of carbonyl (C=O) groups is 2. The lowest BCUT2D eigenvalue weighted by Gasteiger charge is -2.16. The summed E-state index contributed by atoms with van der Waals surface area (Å²) >= 11 is 2.99. The third kappa shape index (κ3) is 4.42. The Hall–Kier alpha value is -0.680. The first-order valence-corrected chi connectivity index (χ1v) is 8.88. The third-order valence-electron chi connectivity index (χ3n) is 2.94. The first-order valence-electron chi connectivity index (χ1n) is 6.91. The van der Waals surface area contributed by atoms with E-state index in [1.807, 2.05) is 19.9 Å². The fourth-order valence-corrected chi connectivity index (χ4v) is 3.74. The van der Waals surface area contributed by atoms with E-state index in [2.05, 4.69) is 6.92 Å². The van der Waals surface area contributed by atoms with E-state index in [9.17, 15) is 9.59 Å². The highest BCUT2D eigenvalue weighted by molar-refractivity contribution is 8.13. The van der Waals surface area contributed by atoms with Crippen LogP contribution in [0.2, 0.25) is 0 Å². The van der Waals surface area contributed by atoms with Gasteiger partial charge in [0.15, 0.2) is 5.12 Å². The van der Waals surface area contributed by atoms with Crippen LogP contribution >= 0.6 is 23.5 Å². The maximum absolute atomic E-state index is 12.1. The van der Waals surface area contributed by atoms with Crippen LogP contribution in [0.4, 0.5) is 0 Å². The maximum atomic E-state index is 12.1. The van der Waals surface area contributed by atoms with E-state index in [-0.39, 0.29) is 17.0 Å². The van der Waals surface area contributed by atoms with Crippen molar-refractivity contribution in [2.75, 3.05) is 18.1 Å². The van der Waals surface area contributed by atoms with Gasteiger partial charge < -0.3 is 4.74 Å². The van der Waals surface area contributed by atoms with Crippen molar-refractivity contribution in [3.63, 3.8) is 0 Å². The SMILES string of the molecule is CCOC(=O)C1C(C)=CC(SCC)=C1CC(=O)SCC. The molecule has 0 saturated carbocycles. The van der Waals surface area contributed by atoms with Crippen LogP contribution < -0.4 is 0 Å². The summed E-state index contributed by atoms with van der Waals surface area (Å²) in [5.74, 6) is 1.08. The van der Waals surface area contributed by atoms with Crippen molar-refractivity contribution >= 4 is 34.6 Å². The van der Waals surface area contributed by atoms with Gasteiger partial charge >= 0.3 is 5.97 Å². The zero-order valence-electron chi connectivity index (χ0n) is 12.5. The van der Waals surface area contributed by atoms with Crippen molar-refractivity contribution < 1.29 is 14.3 Å². The van der Waals surface area contributed by atoms with Crippen molar-refractivity contribution in [1.82, 2.24) is 0 Å². The van der Waals surface area contributed by atoms with E-state index >= 15 is 0 Å². The molecule has 0 N–H and O–H groups in total. The Morgan fingerprint density at radius 2 is 1.95 bits per heavy atom. The Balaban J connectivity index is 2.98. The second-order valence-electron chi connectivity index (χ2n) is 4.38. The van der Waals surface area contributed by atoms with Gasteiger partial charge in [0.05, 0.1) is 6.61 Å². The number of thioether (sulfide) groups is 2. The second-order valence-corrected chi connectivity index (χ2v) is 7.00. The number of carbonyl (C=O) groups excluding carboxylic acids is 2. The molecule has 1 rings (SSSR count). The summed E-state index contributed by atoms with van der Waals surface area (Å²) in [6, 6.07) is 0. The number of hydrogen-bond donors (Lipinski definition) is 0. The molecule has 0 radical (unpaired) electrons. The summed E-state index contributed by atoms with van der Waals surface area (Å²) in [5, 5.41) is 0.120. The minimum Gasteiger partial charge on any atom is -0.465 e. The van der Waals surface area contributed by atoms with Crippen LogP contribution in [0.3, 0.4) is 0 Å². The van der Waals surface area contributed by atoms with E-state index in [1.54, 1.807) is 18.7 Å². The number of esters is 1. The molecule has 0 saturated heterocycles. The highest BCUT2D eigenvalue weighted by Crippen LogP contribution is 2.40. The number of allylic oxidation sites excluding steroid dienone is 1. The van der Waals surface area contributed by atoms with Gasteiger partial charge in [0.2, 0.25) is 0 Å². The summed E-state index contributed by atoms with van der Waals surface area (Å²) in [5.41, 5.74) is 1.89. The molecule has 0 heterocycles. The first kappa shape index (κ1) is 17.4. The molecule has 0 aromatic rings. The van der Waals surface area contributed by atoms with Gasteiger partial charge in [-0.25, -0.2) is 0 Å². The van der Waals surface area contributed by atoms with Crippen LogP contribution in [0.15, 0.2) is 22.1 Å². The van der Waals surface area contributed by atoms with Gasteiger partial charge in [0, 0.05) is 11.3 Å². The normalized spacial score (nSPS) is 18.2. The third-order valence-corrected chi connectivity index (χ3v) is 4.68. The molecule has 0 amide bonds. The Bertz CT molecular complexity index is 438. The molecule has 0 aromatic heterocycles. The fourth-order valence-electron chi connectivity index (χ4n) is 2.20. The highest BCUT2D eigenvalue weighted by Gasteiger charge is 2.33. The van der Waals surface area contributed by atoms with Crippen molar-refractivity contribution in [3.05, 3.63) is 22.1 Å². The summed E-state index contributed by atoms with van der Waals surface area (Å²) < 4.78 is 5.15. The Morgan fingerprint density at radius 3 is 2.50 bits per heavy atom. The van der Waals surface area contributed by atoms with Crippen LogP contribution in [-0.4, -0.2) is 29.2 Å². The molecule has 1 aliphatic rings. The van der Waals surface area contributed by atoms with Gasteiger partial charge in [-0.15, -0.1) is 11.8 Å². The van der Waals surface area contributed by atoms with Gasteiger partial charge in [-0.1, -0.05) is 31.2 Å². The van der Waals surface area contributed by atoms with Gasteiger partial charge in [-0.05, 0) is 37.0 Å². The van der Waals surface area contributed by atoms with Crippen molar-refractivity contribution in [1.29, 1.82) is 0 Å². The standard InChI is InChI=1S/C15H22O3S2/c1-5-18-15(17)14-10(4)8-12(19-6-2)11(14)9-13(16)20-7-3/h8,14H,5-7,9H2,1-4H3. The lowest BCUT2D eigenvalue weighted by atomic mass is 9.95. The molecule has 0 aliphatic heterocycles. The largest absolute Gasteiger partial charge is 0.465 e. The molecule has 1 unspecified atom stereocenters. The van der Waals surface area contributed by atoms with Gasteiger partial charge in [0.1, 0.15) is 5.92 Å². The average molecular weight is 314 g/mol. The molecule has 112 valence electrons. The molecule has 0 bridgehead atoms. The van der Waals surface area contributed by atoms with E-state index in [0.29, 0.717) is 13.0 Å². The quantitative estimate of drug-likeness (QED) is 0.669. The minimum absolute atomic E-state index is 0.120. The molecule has 20 heavy (non-hydrogen) atoms. The zero-order chi connectivity index (χ0) is 15.1. The number of hydrogen-bond acceptors (Lipinski definition) is 5. The van der Waals surface area contributed by atoms with Crippen LogP contribution in [0, 0.1) is 5.92 Å². The van der Waals surface area contributed by atoms with Crippen molar-refractivity contribution in [2.24, 2.45) is 5.92 Å². The summed E-state index contributed by atoms with van der Waals surface area (Å²) in [6.07, 6.45) is 2.35. The fraction of sp³-hybridized carbons (Fsp3) is 0.600. The predicted molar refractivity (Wildman–Crippen MR) is 86.8 cm³/mol. The van der Waals surface area contributed by atoms with E-state index in [1.165, 1.54) is 11.8 Å². The molecular weight excluding hydrogens is 292 g/mol. The zero-order valence-corrected chi connectivity index (χ0v) is 14.2. The van der Waals surface area contributed by atoms with Crippen LogP contribution in [0.25, 0.3) is 0 Å². The van der Waals surface area contributed by atoms with Gasteiger partial charge in [-0.2, -0.15) is 0 Å². The first-order chi connectivity index (χ1) is 9.54. The Kier molecular flexibility index (Phi) is 7.45. The summed E-state index contributed by atoms with van der Waals surface area (Å²) in [6.45, 7) is 8.12. The molecule has 1 atom stereocenters. The second kappa shape index (κ2) is 8.57. The van der Waals surface area contributed by atoms with Crippen LogP contribution in [0.1, 0.15) is 34.1 Å².